The number of hydrogen-bond acceptors (Lipinski definition) is 5. The van der Waals surface area contributed by atoms with Crippen molar-refractivity contribution in [2.45, 2.75) is 50.2 Å². The first-order valence-corrected chi connectivity index (χ1v) is 5.90. The molecule has 88 valence electrons. The number of aromatic nitrogens is 2. The molecule has 2 saturated heterocycles. The smallest absolute Gasteiger partial charge is 0.223 e. The maximum Gasteiger partial charge on any atom is 0.223 e. The maximum absolute atomic E-state index is 6.47. The number of hydrogen-bond donors (Lipinski definition) is 1. The summed E-state index contributed by atoms with van der Waals surface area (Å²) in [6, 6.07) is 1.17. The van der Waals surface area contributed by atoms with Crippen LogP contribution in [0.15, 0.2) is 4.52 Å². The van der Waals surface area contributed by atoms with E-state index in [4.69, 9.17) is 10.3 Å². The molecule has 5 heteroatoms. The minimum absolute atomic E-state index is 0.379. The fourth-order valence-corrected chi connectivity index (χ4v) is 3.19. The molecule has 5 nitrogen and oxygen atoms in total. The van der Waals surface area contributed by atoms with Crippen molar-refractivity contribution >= 4 is 0 Å². The van der Waals surface area contributed by atoms with E-state index in [0.29, 0.717) is 23.8 Å². The Morgan fingerprint density at radius 2 is 2.00 bits per heavy atom. The van der Waals surface area contributed by atoms with Crippen LogP contribution in [0.1, 0.15) is 37.4 Å². The predicted molar refractivity (Wildman–Crippen MR) is 58.7 cm³/mol. The Balaban J connectivity index is 1.90. The van der Waals surface area contributed by atoms with E-state index in [1.54, 1.807) is 0 Å². The van der Waals surface area contributed by atoms with Crippen LogP contribution in [-0.2, 0) is 5.54 Å². The first-order valence-electron chi connectivity index (χ1n) is 5.90. The van der Waals surface area contributed by atoms with Gasteiger partial charge in [0.15, 0.2) is 5.82 Å². The highest BCUT2D eigenvalue weighted by molar-refractivity contribution is 5.12. The Hall–Kier alpha value is -0.940. The fraction of sp³-hybridized carbons (Fsp3) is 0.818. The lowest BCUT2D eigenvalue weighted by Gasteiger charge is -2.41. The summed E-state index contributed by atoms with van der Waals surface area (Å²) >= 11 is 0. The summed E-state index contributed by atoms with van der Waals surface area (Å²) in [5, 5.41) is 4.00. The van der Waals surface area contributed by atoms with Gasteiger partial charge in [-0.2, -0.15) is 4.98 Å². The predicted octanol–water partition coefficient (Wildman–Crippen LogP) is 0.789. The molecule has 2 unspecified atom stereocenters. The lowest BCUT2D eigenvalue weighted by Crippen LogP contribution is -2.52. The maximum atomic E-state index is 6.47. The number of nitrogens with zero attached hydrogens (tertiary/aromatic N) is 3. The fourth-order valence-electron chi connectivity index (χ4n) is 3.19. The second-order valence-corrected chi connectivity index (χ2v) is 5.25. The molecule has 3 heterocycles. The lowest BCUT2D eigenvalue weighted by atomic mass is 9.83. The van der Waals surface area contributed by atoms with Crippen molar-refractivity contribution in [2.24, 2.45) is 5.73 Å². The van der Waals surface area contributed by atoms with Crippen molar-refractivity contribution in [2.75, 3.05) is 7.05 Å². The third kappa shape index (κ3) is 1.38. The second-order valence-electron chi connectivity index (χ2n) is 5.25. The van der Waals surface area contributed by atoms with Crippen molar-refractivity contribution in [1.82, 2.24) is 15.0 Å². The zero-order valence-electron chi connectivity index (χ0n) is 9.81. The quantitative estimate of drug-likeness (QED) is 0.760. The zero-order valence-corrected chi connectivity index (χ0v) is 9.81. The molecule has 2 aliphatic rings. The monoisotopic (exact) mass is 222 g/mol. The summed E-state index contributed by atoms with van der Waals surface area (Å²) in [6.45, 7) is 1.81. The van der Waals surface area contributed by atoms with Crippen LogP contribution >= 0.6 is 0 Å². The van der Waals surface area contributed by atoms with Crippen LogP contribution in [0.5, 0.6) is 0 Å². The normalized spacial score (nSPS) is 39.2. The van der Waals surface area contributed by atoms with Gasteiger partial charge in [0.25, 0.3) is 0 Å². The van der Waals surface area contributed by atoms with E-state index in [9.17, 15) is 0 Å². The molecule has 2 bridgehead atoms. The van der Waals surface area contributed by atoms with Gasteiger partial charge in [0, 0.05) is 19.0 Å². The van der Waals surface area contributed by atoms with E-state index in [1.165, 1.54) is 12.8 Å². The molecular weight excluding hydrogens is 204 g/mol. The third-order valence-corrected chi connectivity index (χ3v) is 4.16. The topological polar surface area (TPSA) is 68.2 Å². The van der Waals surface area contributed by atoms with E-state index in [0.717, 1.165) is 12.8 Å². The number of rotatable bonds is 1. The lowest BCUT2D eigenvalue weighted by molar-refractivity contribution is 0.106. The average molecular weight is 222 g/mol. The zero-order chi connectivity index (χ0) is 11.3. The molecule has 0 spiro atoms. The van der Waals surface area contributed by atoms with Gasteiger partial charge < -0.3 is 15.2 Å². The van der Waals surface area contributed by atoms with E-state index in [2.05, 4.69) is 22.1 Å². The number of piperidine rings is 1. The van der Waals surface area contributed by atoms with Crippen molar-refractivity contribution < 1.29 is 4.52 Å². The van der Waals surface area contributed by atoms with E-state index < -0.39 is 0 Å². The van der Waals surface area contributed by atoms with Gasteiger partial charge in [0.05, 0.1) is 5.54 Å². The van der Waals surface area contributed by atoms with Crippen molar-refractivity contribution in [3.8, 4) is 0 Å². The molecule has 0 aromatic carbocycles. The summed E-state index contributed by atoms with van der Waals surface area (Å²) in [4.78, 5) is 6.76. The molecule has 2 fully saturated rings. The molecule has 3 rings (SSSR count). The molecule has 0 amide bonds. The highest BCUT2D eigenvalue weighted by Crippen LogP contribution is 2.42. The van der Waals surface area contributed by atoms with Crippen LogP contribution in [-0.4, -0.2) is 34.2 Å². The van der Waals surface area contributed by atoms with Gasteiger partial charge >= 0.3 is 0 Å². The molecule has 0 saturated carbocycles. The molecule has 0 radical (unpaired) electrons. The van der Waals surface area contributed by atoms with Crippen molar-refractivity contribution in [1.29, 1.82) is 0 Å². The average Bonchev–Trinajstić information content (AvgIpc) is 2.73. The van der Waals surface area contributed by atoms with E-state index >= 15 is 0 Å². The Labute approximate surface area is 95.0 Å². The highest BCUT2D eigenvalue weighted by Gasteiger charge is 2.47. The Bertz CT molecular complexity index is 388. The van der Waals surface area contributed by atoms with Gasteiger partial charge in [-0.05, 0) is 32.7 Å². The largest absolute Gasteiger partial charge is 0.340 e. The van der Waals surface area contributed by atoms with Gasteiger partial charge in [-0.15, -0.1) is 0 Å². The van der Waals surface area contributed by atoms with Gasteiger partial charge in [-0.1, -0.05) is 5.16 Å². The molecule has 0 aliphatic carbocycles. The van der Waals surface area contributed by atoms with Gasteiger partial charge in [-0.25, -0.2) is 0 Å². The number of aryl methyl sites for hydroxylation is 1. The molecule has 2 N–H and O–H groups in total. The highest BCUT2D eigenvalue weighted by atomic mass is 16.5. The summed E-state index contributed by atoms with van der Waals surface area (Å²) in [5.74, 6) is 1.29. The SMILES string of the molecule is Cc1nc(C2(N)CC3CCC(C2)N3C)no1. The Morgan fingerprint density at radius 1 is 1.38 bits per heavy atom. The molecule has 2 atom stereocenters. The standard InChI is InChI=1S/C11H18N4O/c1-7-13-10(14-16-7)11(12)5-8-3-4-9(6-11)15(8)2/h8-9H,3-6,12H2,1-2H3. The first kappa shape index (κ1) is 10.2. The van der Waals surface area contributed by atoms with Gasteiger partial charge in [0.2, 0.25) is 5.89 Å². The molecule has 2 aliphatic heterocycles. The van der Waals surface area contributed by atoms with Crippen LogP contribution in [0.4, 0.5) is 0 Å². The Morgan fingerprint density at radius 3 is 2.50 bits per heavy atom. The number of fused-ring (bicyclic) bond motifs is 2. The van der Waals surface area contributed by atoms with Crippen LogP contribution in [0.3, 0.4) is 0 Å². The Kier molecular flexibility index (Phi) is 2.09. The van der Waals surface area contributed by atoms with Crippen LogP contribution in [0.2, 0.25) is 0 Å². The van der Waals surface area contributed by atoms with Gasteiger partial charge in [-0.3, -0.25) is 0 Å². The molecule has 1 aromatic rings. The van der Waals surface area contributed by atoms with E-state index in [1.807, 2.05) is 6.92 Å². The van der Waals surface area contributed by atoms with E-state index in [-0.39, 0.29) is 5.54 Å². The first-order chi connectivity index (χ1) is 7.58. The minimum atomic E-state index is -0.379. The molecule has 1 aromatic heterocycles. The molecular formula is C11H18N4O. The van der Waals surface area contributed by atoms with Crippen LogP contribution in [0, 0.1) is 6.92 Å². The summed E-state index contributed by atoms with van der Waals surface area (Å²) in [5.41, 5.74) is 6.09. The van der Waals surface area contributed by atoms with Crippen LogP contribution < -0.4 is 5.73 Å². The third-order valence-electron chi connectivity index (χ3n) is 4.16. The van der Waals surface area contributed by atoms with Crippen molar-refractivity contribution in [3.63, 3.8) is 0 Å². The molecule has 16 heavy (non-hydrogen) atoms. The number of nitrogens with two attached hydrogens (primary N) is 1. The van der Waals surface area contributed by atoms with Crippen molar-refractivity contribution in [3.05, 3.63) is 11.7 Å². The minimum Gasteiger partial charge on any atom is -0.340 e. The summed E-state index contributed by atoms with van der Waals surface area (Å²) in [6.07, 6.45) is 4.38. The summed E-state index contributed by atoms with van der Waals surface area (Å²) < 4.78 is 5.05. The van der Waals surface area contributed by atoms with Crippen LogP contribution in [0.25, 0.3) is 0 Å². The summed E-state index contributed by atoms with van der Waals surface area (Å²) in [7, 11) is 2.20. The van der Waals surface area contributed by atoms with Gasteiger partial charge in [0.1, 0.15) is 0 Å². The second kappa shape index (κ2) is 3.28.